The Morgan fingerprint density at radius 2 is 1.88 bits per heavy atom. The van der Waals surface area contributed by atoms with Gasteiger partial charge < -0.3 is 10.3 Å². The number of hydrogen-bond acceptors (Lipinski definition) is 3. The van der Waals surface area contributed by atoms with Crippen molar-refractivity contribution in [2.24, 2.45) is 11.3 Å². The number of benzene rings is 1. The molecule has 0 radical (unpaired) electrons. The summed E-state index contributed by atoms with van der Waals surface area (Å²) in [5, 5.41) is 7.38. The van der Waals surface area contributed by atoms with Crippen molar-refractivity contribution in [1.82, 2.24) is 4.90 Å². The quantitative estimate of drug-likeness (QED) is 0.578. The van der Waals surface area contributed by atoms with Crippen LogP contribution in [0.5, 0.6) is 0 Å². The summed E-state index contributed by atoms with van der Waals surface area (Å²) in [4.78, 5) is 27.0. The Bertz CT molecular complexity index is 604. The van der Waals surface area contributed by atoms with Crippen molar-refractivity contribution in [1.29, 1.82) is 5.41 Å². The molecule has 4 nitrogen and oxygen atoms in total. The van der Waals surface area contributed by atoms with Crippen molar-refractivity contribution in [2.75, 3.05) is 13.1 Å². The number of amides is 1. The Balaban J connectivity index is 2.10. The van der Waals surface area contributed by atoms with E-state index in [0.29, 0.717) is 11.5 Å². The van der Waals surface area contributed by atoms with Crippen molar-refractivity contribution in [3.8, 4) is 0 Å². The van der Waals surface area contributed by atoms with Crippen molar-refractivity contribution < 1.29 is 9.59 Å². The summed E-state index contributed by atoms with van der Waals surface area (Å²) in [6.07, 6.45) is 4.99. The van der Waals surface area contributed by atoms with Gasteiger partial charge in [0.2, 0.25) is 5.91 Å². The third-order valence-electron chi connectivity index (χ3n) is 4.99. The highest BCUT2D eigenvalue weighted by atomic mass is 79.9. The number of Topliss-reactive ketones (excluding diaryl/α,β-unsaturated/α-hetero) is 1. The van der Waals surface area contributed by atoms with Gasteiger partial charge in [0.05, 0.1) is 13.1 Å². The molecule has 1 amide bonds. The summed E-state index contributed by atoms with van der Waals surface area (Å²) >= 11 is 3.35. The van der Waals surface area contributed by atoms with Crippen LogP contribution in [-0.2, 0) is 4.79 Å². The average molecular weight is 393 g/mol. The summed E-state index contributed by atoms with van der Waals surface area (Å²) in [5.74, 6) is 0.570. The number of nitrogens with one attached hydrogen (secondary N) is 1. The van der Waals surface area contributed by atoms with Gasteiger partial charge >= 0.3 is 0 Å². The van der Waals surface area contributed by atoms with Gasteiger partial charge in [0.25, 0.3) is 0 Å². The number of rotatable bonds is 6. The lowest BCUT2D eigenvalue weighted by molar-refractivity contribution is -0.142. The molecule has 0 bridgehead atoms. The lowest BCUT2D eigenvalue weighted by atomic mass is 9.71. The van der Waals surface area contributed by atoms with Crippen LogP contribution < -0.4 is 0 Å². The van der Waals surface area contributed by atoms with E-state index >= 15 is 0 Å². The maximum Gasteiger partial charge on any atom is 0.229 e. The molecular formula is C19H25BrN2O2. The topological polar surface area (TPSA) is 61.2 Å². The Morgan fingerprint density at radius 3 is 2.42 bits per heavy atom. The highest BCUT2D eigenvalue weighted by molar-refractivity contribution is 9.10. The van der Waals surface area contributed by atoms with Crippen LogP contribution in [0.25, 0.3) is 0 Å². The van der Waals surface area contributed by atoms with Crippen LogP contribution in [0.15, 0.2) is 28.7 Å². The fourth-order valence-corrected chi connectivity index (χ4v) is 3.49. The molecule has 0 spiro atoms. The van der Waals surface area contributed by atoms with E-state index in [2.05, 4.69) is 22.9 Å². The summed E-state index contributed by atoms with van der Waals surface area (Å²) in [7, 11) is 0. The van der Waals surface area contributed by atoms with Crippen LogP contribution in [0, 0.1) is 16.7 Å². The fourth-order valence-electron chi connectivity index (χ4n) is 3.22. The molecule has 1 aliphatic carbocycles. The van der Waals surface area contributed by atoms with E-state index in [0.717, 1.165) is 30.2 Å². The lowest BCUT2D eigenvalue weighted by Gasteiger charge is -2.38. The number of halogens is 1. The predicted octanol–water partition coefficient (Wildman–Crippen LogP) is 4.33. The number of ketones is 1. The summed E-state index contributed by atoms with van der Waals surface area (Å²) in [6, 6.07) is 7.15. The zero-order chi connectivity index (χ0) is 17.7. The molecule has 0 heterocycles. The van der Waals surface area contributed by atoms with Gasteiger partial charge in [-0.25, -0.2) is 0 Å². The van der Waals surface area contributed by atoms with E-state index in [1.807, 2.05) is 19.1 Å². The molecule has 5 heteroatoms. The van der Waals surface area contributed by atoms with Gasteiger partial charge in [-0.2, -0.15) is 0 Å². The molecule has 24 heavy (non-hydrogen) atoms. The maximum absolute atomic E-state index is 13.0. The van der Waals surface area contributed by atoms with Crippen LogP contribution in [0.1, 0.15) is 49.9 Å². The molecule has 2 rings (SSSR count). The van der Waals surface area contributed by atoms with Gasteiger partial charge in [0.1, 0.15) is 0 Å². The van der Waals surface area contributed by atoms with E-state index in [9.17, 15) is 9.59 Å². The minimum absolute atomic E-state index is 0.00311. The molecule has 0 aliphatic heterocycles. The third kappa shape index (κ3) is 4.53. The van der Waals surface area contributed by atoms with E-state index < -0.39 is 5.41 Å². The number of hydrogen-bond donors (Lipinski definition) is 1. The van der Waals surface area contributed by atoms with E-state index in [-0.39, 0.29) is 24.8 Å². The molecule has 1 aromatic carbocycles. The molecule has 0 unspecified atom stereocenters. The summed E-state index contributed by atoms with van der Waals surface area (Å²) in [5.41, 5.74) is 0.179. The average Bonchev–Trinajstić information content (AvgIpc) is 2.57. The Kier molecular flexibility index (Phi) is 6.33. The maximum atomic E-state index is 13.0. The first kappa shape index (κ1) is 18.8. The molecule has 1 fully saturated rings. The molecule has 1 N–H and O–H groups in total. The minimum Gasteiger partial charge on any atom is -0.329 e. The molecule has 1 aliphatic rings. The normalized spacial score (nSPS) is 23.5. The van der Waals surface area contributed by atoms with Crippen LogP contribution >= 0.6 is 15.9 Å². The second-order valence-electron chi connectivity index (χ2n) is 7.06. The third-order valence-corrected chi connectivity index (χ3v) is 5.52. The minimum atomic E-state index is -0.407. The Hall–Kier alpha value is -1.49. The van der Waals surface area contributed by atoms with Gasteiger partial charge in [-0.15, -0.1) is 0 Å². The zero-order valence-electron chi connectivity index (χ0n) is 14.3. The number of carbonyl (C=O) groups excluding carboxylic acids is 2. The SMILES string of the molecule is C[C@H]1CC[C@](C)(C(=O)N(CC=N)CC(=O)c2ccc(Br)cc2)CC1. The molecule has 1 saturated carbocycles. The van der Waals surface area contributed by atoms with Gasteiger partial charge in [-0.05, 0) is 43.7 Å². The number of nitrogens with zero attached hydrogens (tertiary/aromatic N) is 1. The predicted molar refractivity (Wildman–Crippen MR) is 99.6 cm³/mol. The largest absolute Gasteiger partial charge is 0.329 e. The highest BCUT2D eigenvalue weighted by Gasteiger charge is 2.39. The molecule has 0 saturated heterocycles. The second-order valence-corrected chi connectivity index (χ2v) is 7.98. The van der Waals surface area contributed by atoms with Crippen molar-refractivity contribution in [2.45, 2.75) is 39.5 Å². The fraction of sp³-hybridized carbons (Fsp3) is 0.526. The van der Waals surface area contributed by atoms with Gasteiger partial charge in [-0.1, -0.05) is 41.9 Å². The molecule has 130 valence electrons. The van der Waals surface area contributed by atoms with Crippen molar-refractivity contribution >= 4 is 33.8 Å². The first-order valence-electron chi connectivity index (χ1n) is 8.43. The lowest BCUT2D eigenvalue weighted by Crippen LogP contribution is -2.46. The smallest absolute Gasteiger partial charge is 0.229 e. The summed E-state index contributed by atoms with van der Waals surface area (Å²) < 4.78 is 0.912. The Labute approximate surface area is 152 Å². The monoisotopic (exact) mass is 392 g/mol. The Morgan fingerprint density at radius 1 is 1.29 bits per heavy atom. The molecule has 0 aromatic heterocycles. The molecular weight excluding hydrogens is 368 g/mol. The second kappa shape index (κ2) is 8.06. The number of carbonyl (C=O) groups is 2. The zero-order valence-corrected chi connectivity index (χ0v) is 15.9. The molecule has 0 atom stereocenters. The molecule has 1 aromatic rings. The van der Waals surface area contributed by atoms with Crippen LogP contribution in [-0.4, -0.2) is 35.9 Å². The van der Waals surface area contributed by atoms with Gasteiger partial charge in [0.15, 0.2) is 5.78 Å². The highest BCUT2D eigenvalue weighted by Crippen LogP contribution is 2.39. The first-order chi connectivity index (χ1) is 11.4. The van der Waals surface area contributed by atoms with Gasteiger partial charge in [0, 0.05) is 21.7 Å². The van der Waals surface area contributed by atoms with E-state index in [1.165, 1.54) is 11.1 Å². The van der Waals surface area contributed by atoms with Gasteiger partial charge in [-0.3, -0.25) is 9.59 Å². The van der Waals surface area contributed by atoms with Crippen LogP contribution in [0.4, 0.5) is 0 Å². The van der Waals surface area contributed by atoms with E-state index in [4.69, 9.17) is 5.41 Å². The standard InChI is InChI=1S/C19H25BrN2O2/c1-14-7-9-19(2,10-8-14)18(24)22(12-11-21)13-17(23)15-3-5-16(20)6-4-15/h3-6,11,14,21H,7-10,12-13H2,1-2H3/t14-,19-. The first-order valence-corrected chi connectivity index (χ1v) is 9.22. The van der Waals surface area contributed by atoms with Crippen LogP contribution in [0.3, 0.4) is 0 Å². The van der Waals surface area contributed by atoms with E-state index in [1.54, 1.807) is 12.1 Å². The van der Waals surface area contributed by atoms with Crippen LogP contribution in [0.2, 0.25) is 0 Å². The van der Waals surface area contributed by atoms with Crippen molar-refractivity contribution in [3.05, 3.63) is 34.3 Å². The van der Waals surface area contributed by atoms with Crippen molar-refractivity contribution in [3.63, 3.8) is 0 Å². The summed E-state index contributed by atoms with van der Waals surface area (Å²) in [6.45, 7) is 4.44.